The standard InChI is InChI=1S/C14H21NO2/c15-9-13-7-4-8-14(13)17-11-16-10-12-5-2-1-3-6-12/h1-3,5-6,13-14H,4,7-11,15H2. The summed E-state index contributed by atoms with van der Waals surface area (Å²) in [7, 11) is 0. The largest absolute Gasteiger partial charge is 0.352 e. The Morgan fingerprint density at radius 2 is 2.00 bits per heavy atom. The zero-order valence-electron chi connectivity index (χ0n) is 10.2. The van der Waals surface area contributed by atoms with Crippen LogP contribution in [-0.2, 0) is 16.1 Å². The monoisotopic (exact) mass is 235 g/mol. The Morgan fingerprint density at radius 1 is 1.18 bits per heavy atom. The molecule has 1 fully saturated rings. The number of nitrogens with two attached hydrogens (primary N) is 1. The molecular formula is C14H21NO2. The van der Waals surface area contributed by atoms with E-state index in [1.165, 1.54) is 18.4 Å². The Labute approximate surface area is 103 Å². The third kappa shape index (κ3) is 3.80. The molecule has 3 nitrogen and oxygen atoms in total. The lowest BCUT2D eigenvalue weighted by molar-refractivity contribution is -0.104. The average Bonchev–Trinajstić information content (AvgIpc) is 2.83. The van der Waals surface area contributed by atoms with Crippen LogP contribution in [0.5, 0.6) is 0 Å². The molecule has 0 amide bonds. The Balaban J connectivity index is 1.63. The van der Waals surface area contributed by atoms with E-state index in [4.69, 9.17) is 15.2 Å². The number of hydrogen-bond donors (Lipinski definition) is 1. The van der Waals surface area contributed by atoms with Gasteiger partial charge in [0.15, 0.2) is 0 Å². The summed E-state index contributed by atoms with van der Waals surface area (Å²) in [6, 6.07) is 10.1. The minimum absolute atomic E-state index is 0.302. The molecule has 2 rings (SSSR count). The summed E-state index contributed by atoms with van der Waals surface area (Å²) < 4.78 is 11.2. The smallest absolute Gasteiger partial charge is 0.147 e. The molecule has 0 spiro atoms. The normalized spacial score (nSPS) is 24.1. The second kappa shape index (κ2) is 6.74. The molecule has 1 aliphatic rings. The van der Waals surface area contributed by atoms with Gasteiger partial charge >= 0.3 is 0 Å². The van der Waals surface area contributed by atoms with Gasteiger partial charge in [-0.1, -0.05) is 36.8 Å². The Morgan fingerprint density at radius 3 is 2.76 bits per heavy atom. The van der Waals surface area contributed by atoms with Crippen molar-refractivity contribution in [3.63, 3.8) is 0 Å². The van der Waals surface area contributed by atoms with Crippen molar-refractivity contribution in [3.8, 4) is 0 Å². The number of ether oxygens (including phenoxy) is 2. The van der Waals surface area contributed by atoms with Gasteiger partial charge in [0.05, 0.1) is 12.7 Å². The first kappa shape index (κ1) is 12.6. The van der Waals surface area contributed by atoms with Crippen molar-refractivity contribution >= 4 is 0 Å². The average molecular weight is 235 g/mol. The van der Waals surface area contributed by atoms with Crippen LogP contribution in [0.3, 0.4) is 0 Å². The van der Waals surface area contributed by atoms with Crippen molar-refractivity contribution in [2.75, 3.05) is 13.3 Å². The first-order chi connectivity index (χ1) is 8.40. The molecule has 1 saturated carbocycles. The Kier molecular flexibility index (Phi) is 4.98. The van der Waals surface area contributed by atoms with Crippen LogP contribution in [0.1, 0.15) is 24.8 Å². The fourth-order valence-corrected chi connectivity index (χ4v) is 2.36. The topological polar surface area (TPSA) is 44.5 Å². The molecule has 0 aliphatic heterocycles. The van der Waals surface area contributed by atoms with Crippen molar-refractivity contribution < 1.29 is 9.47 Å². The quantitative estimate of drug-likeness (QED) is 0.608. The molecule has 1 aromatic rings. The SMILES string of the molecule is NCC1CCCC1OCOCc1ccccc1. The Hall–Kier alpha value is -0.900. The van der Waals surface area contributed by atoms with E-state index in [-0.39, 0.29) is 0 Å². The lowest BCUT2D eigenvalue weighted by Crippen LogP contribution is -2.26. The highest BCUT2D eigenvalue weighted by molar-refractivity contribution is 5.13. The molecule has 17 heavy (non-hydrogen) atoms. The third-order valence-corrected chi connectivity index (χ3v) is 3.37. The van der Waals surface area contributed by atoms with Gasteiger partial charge in [-0.25, -0.2) is 0 Å². The second-order valence-corrected chi connectivity index (χ2v) is 4.58. The van der Waals surface area contributed by atoms with E-state index in [1.54, 1.807) is 0 Å². The number of rotatable bonds is 6. The fourth-order valence-electron chi connectivity index (χ4n) is 2.36. The van der Waals surface area contributed by atoms with Gasteiger partial charge in [-0.3, -0.25) is 0 Å². The maximum atomic E-state index is 5.73. The summed E-state index contributed by atoms with van der Waals surface area (Å²) >= 11 is 0. The van der Waals surface area contributed by atoms with Gasteiger partial charge in [0, 0.05) is 0 Å². The highest BCUT2D eigenvalue weighted by atomic mass is 16.7. The molecule has 2 atom stereocenters. The maximum absolute atomic E-state index is 5.73. The molecule has 0 radical (unpaired) electrons. The van der Waals surface area contributed by atoms with Gasteiger partial charge < -0.3 is 15.2 Å². The van der Waals surface area contributed by atoms with E-state index in [2.05, 4.69) is 12.1 Å². The third-order valence-electron chi connectivity index (χ3n) is 3.37. The van der Waals surface area contributed by atoms with Crippen LogP contribution in [0.15, 0.2) is 30.3 Å². The molecule has 94 valence electrons. The first-order valence-corrected chi connectivity index (χ1v) is 6.33. The van der Waals surface area contributed by atoms with Gasteiger partial charge in [-0.05, 0) is 30.9 Å². The molecule has 1 aliphatic carbocycles. The van der Waals surface area contributed by atoms with E-state index >= 15 is 0 Å². The van der Waals surface area contributed by atoms with E-state index in [0.29, 0.717) is 25.4 Å². The molecule has 0 saturated heterocycles. The van der Waals surface area contributed by atoms with Crippen molar-refractivity contribution in [2.45, 2.75) is 32.0 Å². The molecule has 1 aromatic carbocycles. The molecule has 2 unspecified atom stereocenters. The van der Waals surface area contributed by atoms with Gasteiger partial charge in [0.25, 0.3) is 0 Å². The molecule has 3 heteroatoms. The van der Waals surface area contributed by atoms with Crippen LogP contribution < -0.4 is 5.73 Å². The fraction of sp³-hybridized carbons (Fsp3) is 0.571. The summed E-state index contributed by atoms with van der Waals surface area (Å²) in [5.41, 5.74) is 6.88. The molecule has 2 N–H and O–H groups in total. The van der Waals surface area contributed by atoms with E-state index in [9.17, 15) is 0 Å². The summed E-state index contributed by atoms with van der Waals surface area (Å²) in [4.78, 5) is 0. The summed E-state index contributed by atoms with van der Waals surface area (Å²) in [5, 5.41) is 0. The maximum Gasteiger partial charge on any atom is 0.147 e. The van der Waals surface area contributed by atoms with E-state index < -0.39 is 0 Å². The molecule has 0 heterocycles. The summed E-state index contributed by atoms with van der Waals surface area (Å²) in [5.74, 6) is 0.523. The highest BCUT2D eigenvalue weighted by Gasteiger charge is 2.26. The zero-order valence-corrected chi connectivity index (χ0v) is 10.2. The van der Waals surface area contributed by atoms with Crippen molar-refractivity contribution in [1.82, 2.24) is 0 Å². The highest BCUT2D eigenvalue weighted by Crippen LogP contribution is 2.27. The molecular weight excluding hydrogens is 214 g/mol. The van der Waals surface area contributed by atoms with Crippen molar-refractivity contribution in [3.05, 3.63) is 35.9 Å². The van der Waals surface area contributed by atoms with Gasteiger partial charge in [-0.2, -0.15) is 0 Å². The van der Waals surface area contributed by atoms with Crippen LogP contribution in [0, 0.1) is 5.92 Å². The minimum atomic E-state index is 0.302. The van der Waals surface area contributed by atoms with E-state index in [0.717, 1.165) is 13.0 Å². The van der Waals surface area contributed by atoms with Crippen molar-refractivity contribution in [1.29, 1.82) is 0 Å². The van der Waals surface area contributed by atoms with Crippen LogP contribution in [0.4, 0.5) is 0 Å². The lowest BCUT2D eigenvalue weighted by atomic mass is 10.1. The van der Waals surface area contributed by atoms with Gasteiger partial charge in [0.1, 0.15) is 6.79 Å². The Bertz CT molecular complexity index is 315. The van der Waals surface area contributed by atoms with Crippen LogP contribution >= 0.6 is 0 Å². The predicted molar refractivity (Wildman–Crippen MR) is 67.4 cm³/mol. The number of benzene rings is 1. The van der Waals surface area contributed by atoms with Gasteiger partial charge in [-0.15, -0.1) is 0 Å². The zero-order chi connectivity index (χ0) is 11.9. The summed E-state index contributed by atoms with van der Waals surface area (Å²) in [6.07, 6.45) is 3.84. The van der Waals surface area contributed by atoms with Crippen molar-refractivity contribution in [2.24, 2.45) is 11.7 Å². The van der Waals surface area contributed by atoms with E-state index in [1.807, 2.05) is 18.2 Å². The van der Waals surface area contributed by atoms with Crippen LogP contribution in [0.25, 0.3) is 0 Å². The van der Waals surface area contributed by atoms with Gasteiger partial charge in [0.2, 0.25) is 0 Å². The predicted octanol–water partition coefficient (Wildman–Crippen LogP) is 2.30. The second-order valence-electron chi connectivity index (χ2n) is 4.58. The molecule has 0 aromatic heterocycles. The molecule has 0 bridgehead atoms. The number of hydrogen-bond acceptors (Lipinski definition) is 3. The van der Waals surface area contributed by atoms with Crippen LogP contribution in [-0.4, -0.2) is 19.4 Å². The van der Waals surface area contributed by atoms with Crippen LogP contribution in [0.2, 0.25) is 0 Å². The first-order valence-electron chi connectivity index (χ1n) is 6.33. The summed E-state index contributed by atoms with van der Waals surface area (Å²) in [6.45, 7) is 1.71. The lowest BCUT2D eigenvalue weighted by Gasteiger charge is -2.18. The minimum Gasteiger partial charge on any atom is -0.352 e.